The van der Waals surface area contributed by atoms with Gasteiger partial charge in [0.25, 0.3) is 0 Å². The lowest BCUT2D eigenvalue weighted by Gasteiger charge is -2.32. The largest absolute Gasteiger partial charge is 0.497 e. The monoisotopic (exact) mass is 355 g/mol. The number of nitrogens with one attached hydrogen (secondary N) is 1. The molecule has 6 heteroatoms. The fourth-order valence-electron chi connectivity index (χ4n) is 3.02. The zero-order chi connectivity index (χ0) is 18.2. The van der Waals surface area contributed by atoms with Crippen molar-refractivity contribution in [3.05, 3.63) is 59.9 Å². The summed E-state index contributed by atoms with van der Waals surface area (Å²) in [5, 5.41) is 2.98. The molecule has 0 saturated carbocycles. The molecular formula is C20H25N3O3. The maximum atomic E-state index is 12.5. The minimum Gasteiger partial charge on any atom is -0.497 e. The van der Waals surface area contributed by atoms with E-state index in [4.69, 9.17) is 9.47 Å². The van der Waals surface area contributed by atoms with Gasteiger partial charge >= 0.3 is 6.03 Å². The number of aromatic nitrogens is 1. The number of piperidine rings is 1. The minimum absolute atomic E-state index is 0.0494. The zero-order valence-corrected chi connectivity index (χ0v) is 15.1. The topological polar surface area (TPSA) is 63.7 Å². The third kappa shape index (κ3) is 5.20. The molecule has 1 aliphatic heterocycles. The van der Waals surface area contributed by atoms with Crippen LogP contribution >= 0.6 is 0 Å². The molecule has 1 atom stereocenters. The van der Waals surface area contributed by atoms with Crippen LogP contribution in [0.25, 0.3) is 0 Å². The maximum absolute atomic E-state index is 12.5. The minimum atomic E-state index is -0.0565. The smallest absolute Gasteiger partial charge is 0.317 e. The Morgan fingerprint density at radius 2 is 2.23 bits per heavy atom. The zero-order valence-electron chi connectivity index (χ0n) is 15.1. The van der Waals surface area contributed by atoms with Crippen molar-refractivity contribution in [2.24, 2.45) is 0 Å². The van der Waals surface area contributed by atoms with E-state index in [2.05, 4.69) is 10.3 Å². The number of pyridine rings is 1. The number of methoxy groups -OCH3 is 1. The van der Waals surface area contributed by atoms with Gasteiger partial charge in [-0.3, -0.25) is 4.98 Å². The molecule has 1 aliphatic rings. The van der Waals surface area contributed by atoms with Crippen molar-refractivity contribution in [2.75, 3.05) is 20.2 Å². The second-order valence-corrected chi connectivity index (χ2v) is 6.35. The van der Waals surface area contributed by atoms with Crippen LogP contribution in [-0.2, 0) is 17.9 Å². The first-order valence-corrected chi connectivity index (χ1v) is 8.92. The number of carbonyl (C=O) groups is 1. The highest BCUT2D eigenvalue weighted by Crippen LogP contribution is 2.16. The summed E-state index contributed by atoms with van der Waals surface area (Å²) in [4.78, 5) is 18.6. The maximum Gasteiger partial charge on any atom is 0.317 e. The first kappa shape index (κ1) is 18.2. The van der Waals surface area contributed by atoms with Crippen molar-refractivity contribution in [2.45, 2.75) is 32.1 Å². The molecule has 0 bridgehead atoms. The van der Waals surface area contributed by atoms with Crippen LogP contribution in [0.2, 0.25) is 0 Å². The highest BCUT2D eigenvalue weighted by Gasteiger charge is 2.24. The third-order valence-corrected chi connectivity index (χ3v) is 4.44. The van der Waals surface area contributed by atoms with Crippen LogP contribution in [0.4, 0.5) is 4.79 Å². The molecule has 2 aromatic rings. The van der Waals surface area contributed by atoms with Gasteiger partial charge in [-0.15, -0.1) is 0 Å². The molecule has 0 radical (unpaired) electrons. The molecule has 1 aromatic carbocycles. The Bertz CT molecular complexity index is 708. The second kappa shape index (κ2) is 9.20. The number of hydrogen-bond donors (Lipinski definition) is 1. The number of urea groups is 1. The normalized spacial score (nSPS) is 17.0. The molecular weight excluding hydrogens is 330 g/mol. The number of ether oxygens (including phenoxy) is 2. The summed E-state index contributed by atoms with van der Waals surface area (Å²) in [7, 11) is 1.64. The predicted molar refractivity (Wildman–Crippen MR) is 98.9 cm³/mol. The molecule has 1 aromatic heterocycles. The fourth-order valence-corrected chi connectivity index (χ4v) is 3.02. The first-order valence-electron chi connectivity index (χ1n) is 8.92. The van der Waals surface area contributed by atoms with Gasteiger partial charge in [0.15, 0.2) is 0 Å². The van der Waals surface area contributed by atoms with E-state index in [1.165, 1.54) is 0 Å². The number of rotatable bonds is 6. The molecule has 3 rings (SSSR count). The first-order chi connectivity index (χ1) is 12.7. The number of amides is 2. The Labute approximate surface area is 154 Å². The number of hydrogen-bond acceptors (Lipinski definition) is 4. The summed E-state index contributed by atoms with van der Waals surface area (Å²) in [6.07, 6.45) is 3.72. The molecule has 0 aliphatic carbocycles. The van der Waals surface area contributed by atoms with Crippen LogP contribution in [0.3, 0.4) is 0 Å². The molecule has 138 valence electrons. The van der Waals surface area contributed by atoms with Gasteiger partial charge < -0.3 is 19.7 Å². The number of carbonyl (C=O) groups excluding carboxylic acids is 1. The predicted octanol–water partition coefficient (Wildman–Crippen LogP) is 2.98. The van der Waals surface area contributed by atoms with Gasteiger partial charge in [0, 0.05) is 25.8 Å². The van der Waals surface area contributed by atoms with E-state index < -0.39 is 0 Å². The Morgan fingerprint density at radius 1 is 1.31 bits per heavy atom. The van der Waals surface area contributed by atoms with E-state index in [0.717, 1.165) is 36.4 Å². The Kier molecular flexibility index (Phi) is 6.44. The molecule has 0 spiro atoms. The van der Waals surface area contributed by atoms with Crippen molar-refractivity contribution in [3.8, 4) is 5.75 Å². The van der Waals surface area contributed by atoms with Crippen molar-refractivity contribution < 1.29 is 14.3 Å². The molecule has 26 heavy (non-hydrogen) atoms. The van der Waals surface area contributed by atoms with Gasteiger partial charge in [0.2, 0.25) is 0 Å². The number of nitrogens with zero attached hydrogens (tertiary/aromatic N) is 2. The Morgan fingerprint density at radius 3 is 3.04 bits per heavy atom. The van der Waals surface area contributed by atoms with Crippen molar-refractivity contribution in [1.29, 1.82) is 0 Å². The summed E-state index contributed by atoms with van der Waals surface area (Å²) >= 11 is 0. The fraction of sp³-hybridized carbons (Fsp3) is 0.400. The Hall–Kier alpha value is -2.60. The summed E-state index contributed by atoms with van der Waals surface area (Å²) in [5.41, 5.74) is 1.92. The summed E-state index contributed by atoms with van der Waals surface area (Å²) in [6, 6.07) is 13.4. The average molecular weight is 355 g/mol. The Balaban J connectivity index is 1.46. The second-order valence-electron chi connectivity index (χ2n) is 6.35. The van der Waals surface area contributed by atoms with E-state index in [0.29, 0.717) is 19.7 Å². The van der Waals surface area contributed by atoms with E-state index in [-0.39, 0.29) is 12.1 Å². The molecule has 2 amide bonds. The molecule has 6 nitrogen and oxygen atoms in total. The molecule has 1 N–H and O–H groups in total. The third-order valence-electron chi connectivity index (χ3n) is 4.44. The lowest BCUT2D eigenvalue weighted by molar-refractivity contribution is -0.00168. The number of likely N-dealkylation sites (tertiary alicyclic amines) is 1. The van der Waals surface area contributed by atoms with Crippen LogP contribution in [0, 0.1) is 0 Å². The van der Waals surface area contributed by atoms with Crippen molar-refractivity contribution in [1.82, 2.24) is 15.2 Å². The van der Waals surface area contributed by atoms with Gasteiger partial charge in [-0.25, -0.2) is 4.79 Å². The highest BCUT2D eigenvalue weighted by molar-refractivity contribution is 5.74. The SMILES string of the molecule is COc1cccc(CNC(=O)N2CCC[C@H](OCc3ccccn3)C2)c1. The van der Waals surface area contributed by atoms with E-state index in [1.807, 2.05) is 47.4 Å². The summed E-state index contributed by atoms with van der Waals surface area (Å²) < 4.78 is 11.2. The van der Waals surface area contributed by atoms with Gasteiger partial charge in [0.05, 0.1) is 25.5 Å². The van der Waals surface area contributed by atoms with Gasteiger partial charge in [-0.05, 0) is 42.7 Å². The standard InChI is InChI=1S/C20H25N3O3/c1-25-18-8-4-6-16(12-18)13-22-20(24)23-11-5-9-19(14-23)26-15-17-7-2-3-10-21-17/h2-4,6-8,10,12,19H,5,9,11,13-15H2,1H3,(H,22,24)/t19-/m0/s1. The average Bonchev–Trinajstić information content (AvgIpc) is 2.71. The lowest BCUT2D eigenvalue weighted by Crippen LogP contribution is -2.47. The van der Waals surface area contributed by atoms with Gasteiger partial charge in [0.1, 0.15) is 5.75 Å². The highest BCUT2D eigenvalue weighted by atomic mass is 16.5. The van der Waals surface area contributed by atoms with E-state index in [1.54, 1.807) is 13.3 Å². The summed E-state index contributed by atoms with van der Waals surface area (Å²) in [5.74, 6) is 0.790. The van der Waals surface area contributed by atoms with Crippen molar-refractivity contribution >= 4 is 6.03 Å². The lowest BCUT2D eigenvalue weighted by atomic mass is 10.1. The van der Waals surface area contributed by atoms with Gasteiger partial charge in [-0.1, -0.05) is 18.2 Å². The summed E-state index contributed by atoms with van der Waals surface area (Å²) in [6.45, 7) is 2.32. The van der Waals surface area contributed by atoms with E-state index in [9.17, 15) is 4.79 Å². The van der Waals surface area contributed by atoms with Crippen LogP contribution in [-0.4, -0.2) is 42.2 Å². The molecule has 1 saturated heterocycles. The van der Waals surface area contributed by atoms with Gasteiger partial charge in [-0.2, -0.15) is 0 Å². The van der Waals surface area contributed by atoms with Crippen LogP contribution in [0.15, 0.2) is 48.7 Å². The van der Waals surface area contributed by atoms with Crippen LogP contribution < -0.4 is 10.1 Å². The molecule has 1 fully saturated rings. The van der Waals surface area contributed by atoms with Crippen molar-refractivity contribution in [3.63, 3.8) is 0 Å². The van der Waals surface area contributed by atoms with Crippen LogP contribution in [0.5, 0.6) is 5.75 Å². The van der Waals surface area contributed by atoms with E-state index >= 15 is 0 Å². The molecule has 0 unspecified atom stereocenters. The van der Waals surface area contributed by atoms with Crippen LogP contribution in [0.1, 0.15) is 24.1 Å². The quantitative estimate of drug-likeness (QED) is 0.865. The number of benzene rings is 1. The molecule has 2 heterocycles.